The lowest BCUT2D eigenvalue weighted by Gasteiger charge is -2.10. The molecule has 3 rings (SSSR count). The monoisotopic (exact) mass is 437 g/mol. The Morgan fingerprint density at radius 3 is 2.88 bits per heavy atom. The molecule has 168 valence electrons. The first-order valence-corrected chi connectivity index (χ1v) is 10.4. The van der Waals surface area contributed by atoms with E-state index in [0.717, 1.165) is 5.57 Å². The summed E-state index contributed by atoms with van der Waals surface area (Å²) in [7, 11) is 0. The van der Waals surface area contributed by atoms with Gasteiger partial charge in [-0.1, -0.05) is 41.6 Å². The molecule has 10 heteroatoms. The molecular formula is C22H27N7O3. The van der Waals surface area contributed by atoms with Gasteiger partial charge in [-0.3, -0.25) is 9.59 Å². The number of nitrogens with zero attached hydrogens (tertiary/aromatic N) is 3. The topological polar surface area (TPSA) is 148 Å². The minimum Gasteiger partial charge on any atom is -0.404 e. The molecule has 1 aromatic heterocycles. The van der Waals surface area contributed by atoms with Crippen molar-refractivity contribution in [3.63, 3.8) is 0 Å². The summed E-state index contributed by atoms with van der Waals surface area (Å²) in [5.41, 5.74) is 10.4. The molecule has 0 saturated heterocycles. The van der Waals surface area contributed by atoms with Gasteiger partial charge in [-0.25, -0.2) is 5.43 Å². The first-order chi connectivity index (χ1) is 15.6. The van der Waals surface area contributed by atoms with E-state index in [9.17, 15) is 9.59 Å². The van der Waals surface area contributed by atoms with Crippen LogP contribution < -0.4 is 21.8 Å². The Kier molecular flexibility index (Phi) is 8.13. The summed E-state index contributed by atoms with van der Waals surface area (Å²) in [6.45, 7) is 2.97. The highest BCUT2D eigenvalue weighted by atomic mass is 16.5. The molecule has 1 aromatic rings. The van der Waals surface area contributed by atoms with E-state index in [4.69, 9.17) is 10.3 Å². The minimum atomic E-state index is -0.197. The van der Waals surface area contributed by atoms with Crippen LogP contribution in [0.5, 0.6) is 0 Å². The first kappa shape index (κ1) is 22.7. The number of hydrogen-bond donors (Lipinski definition) is 4. The number of amidine groups is 1. The number of nitrogens with two attached hydrogens (primary N) is 1. The van der Waals surface area contributed by atoms with E-state index in [-0.39, 0.29) is 18.2 Å². The highest BCUT2D eigenvalue weighted by Gasteiger charge is 2.19. The highest BCUT2D eigenvalue weighted by Crippen LogP contribution is 2.18. The van der Waals surface area contributed by atoms with Crippen LogP contribution in [0.2, 0.25) is 0 Å². The molecule has 2 bridgehead atoms. The second-order valence-corrected chi connectivity index (χ2v) is 7.11. The van der Waals surface area contributed by atoms with Gasteiger partial charge in [-0.15, -0.1) is 0 Å². The third-order valence-corrected chi connectivity index (χ3v) is 4.74. The zero-order valence-corrected chi connectivity index (χ0v) is 17.9. The summed E-state index contributed by atoms with van der Waals surface area (Å²) in [5.74, 6) is 1.12. The Morgan fingerprint density at radius 1 is 1.28 bits per heavy atom. The van der Waals surface area contributed by atoms with Crippen LogP contribution in [0.4, 0.5) is 0 Å². The van der Waals surface area contributed by atoms with Gasteiger partial charge in [0.1, 0.15) is 5.84 Å². The highest BCUT2D eigenvalue weighted by molar-refractivity contribution is 6.05. The molecule has 0 unspecified atom stereocenters. The Hall–Kier alpha value is -3.95. The van der Waals surface area contributed by atoms with Gasteiger partial charge in [-0.05, 0) is 13.3 Å². The largest absolute Gasteiger partial charge is 0.404 e. The molecule has 0 radical (unpaired) electrons. The number of aryl methyl sites for hydroxylation is 1. The van der Waals surface area contributed by atoms with Crippen molar-refractivity contribution in [2.45, 2.75) is 32.6 Å². The van der Waals surface area contributed by atoms with Crippen molar-refractivity contribution in [1.82, 2.24) is 26.2 Å². The van der Waals surface area contributed by atoms with E-state index < -0.39 is 0 Å². The van der Waals surface area contributed by atoms with Crippen LogP contribution in [0.1, 0.15) is 37.9 Å². The molecule has 1 aliphatic carbocycles. The van der Waals surface area contributed by atoms with Crippen molar-refractivity contribution in [1.29, 1.82) is 0 Å². The van der Waals surface area contributed by atoms with Gasteiger partial charge in [0, 0.05) is 55.3 Å². The molecule has 5 N–H and O–H groups in total. The van der Waals surface area contributed by atoms with Gasteiger partial charge in [0.25, 0.3) is 5.91 Å². The van der Waals surface area contributed by atoms with Crippen LogP contribution >= 0.6 is 0 Å². The predicted molar refractivity (Wildman–Crippen MR) is 121 cm³/mol. The van der Waals surface area contributed by atoms with Gasteiger partial charge >= 0.3 is 0 Å². The number of hydrazone groups is 1. The average Bonchev–Trinajstić information content (AvgIpc) is 3.05. The van der Waals surface area contributed by atoms with E-state index in [1.807, 2.05) is 31.2 Å². The predicted octanol–water partition coefficient (Wildman–Crippen LogP) is 1.23. The van der Waals surface area contributed by atoms with Crippen molar-refractivity contribution in [3.05, 3.63) is 65.5 Å². The Labute approximate surface area is 186 Å². The van der Waals surface area contributed by atoms with Gasteiger partial charge in [-0.2, -0.15) is 10.1 Å². The Balaban J connectivity index is 1.37. The fourth-order valence-electron chi connectivity index (χ4n) is 3.08. The molecular weight excluding hydrogens is 410 g/mol. The molecule has 0 atom stereocenters. The molecule has 0 spiro atoms. The van der Waals surface area contributed by atoms with Crippen molar-refractivity contribution in [2.75, 3.05) is 13.1 Å². The quantitative estimate of drug-likeness (QED) is 0.335. The van der Waals surface area contributed by atoms with E-state index >= 15 is 0 Å². The smallest absolute Gasteiger partial charge is 0.267 e. The molecule has 1 aliphatic heterocycles. The number of carbonyl (C=O) groups excluding carboxylic acids is 2. The van der Waals surface area contributed by atoms with Crippen LogP contribution in [0.3, 0.4) is 0 Å². The molecule has 2 heterocycles. The molecule has 0 fully saturated rings. The number of allylic oxidation sites excluding steroid dienone is 7. The fourth-order valence-corrected chi connectivity index (χ4v) is 3.08. The third kappa shape index (κ3) is 6.27. The lowest BCUT2D eigenvalue weighted by molar-refractivity contribution is -0.121. The molecule has 2 aliphatic rings. The minimum absolute atomic E-state index is 0.0988. The van der Waals surface area contributed by atoms with Crippen molar-refractivity contribution in [2.24, 2.45) is 10.8 Å². The lowest BCUT2D eigenvalue weighted by Crippen LogP contribution is -2.31. The Bertz CT molecular complexity index is 1030. The summed E-state index contributed by atoms with van der Waals surface area (Å²) < 4.78 is 5.18. The van der Waals surface area contributed by atoms with E-state index in [1.54, 1.807) is 12.2 Å². The summed E-state index contributed by atoms with van der Waals surface area (Å²) in [6.07, 6.45) is 14.3. The van der Waals surface area contributed by atoms with E-state index in [2.05, 4.69) is 31.3 Å². The maximum atomic E-state index is 12.1. The number of fused-ring (bicyclic) bond motifs is 2. The molecule has 0 aromatic carbocycles. The molecule has 10 nitrogen and oxygen atoms in total. The van der Waals surface area contributed by atoms with Gasteiger partial charge in [0.2, 0.25) is 17.6 Å². The van der Waals surface area contributed by atoms with Crippen LogP contribution in [0, 0.1) is 0 Å². The third-order valence-electron chi connectivity index (χ3n) is 4.74. The van der Waals surface area contributed by atoms with Gasteiger partial charge < -0.3 is 20.9 Å². The summed E-state index contributed by atoms with van der Waals surface area (Å²) >= 11 is 0. The van der Waals surface area contributed by atoms with Crippen molar-refractivity contribution in [3.8, 4) is 0 Å². The van der Waals surface area contributed by atoms with E-state index in [1.165, 1.54) is 6.20 Å². The second kappa shape index (κ2) is 11.4. The SMILES string of the molecule is C/C=C\C(=C/N)c1noc(CCC(=O)NCCCNC2=NNC(=O)C3=CC=CC=C2C3)n1. The van der Waals surface area contributed by atoms with Crippen LogP contribution in [0.15, 0.2) is 63.4 Å². The lowest BCUT2D eigenvalue weighted by atomic mass is 10.1. The molecule has 2 amide bonds. The maximum Gasteiger partial charge on any atom is 0.267 e. The van der Waals surface area contributed by atoms with Crippen molar-refractivity contribution >= 4 is 23.2 Å². The number of rotatable bonds is 9. The van der Waals surface area contributed by atoms with E-state index in [0.29, 0.717) is 61.0 Å². The number of nitrogens with one attached hydrogen (secondary N) is 3. The summed E-state index contributed by atoms with van der Waals surface area (Å²) in [4.78, 5) is 28.3. The van der Waals surface area contributed by atoms with Gasteiger partial charge in [0.05, 0.1) is 0 Å². The molecule has 32 heavy (non-hydrogen) atoms. The standard InChI is InChI=1S/C22H27N7O3/c1-2-6-17(14-23)21-26-19(32-29-21)10-9-18(30)24-11-5-12-25-20-15-7-3-4-8-16(13-15)22(31)28-27-20/h2-4,6-8,14H,5,9-13,23H2,1H3,(H,24,30)(H,25,27)(H,28,31)/b6-2-,17-14+. The molecule has 0 saturated carbocycles. The maximum absolute atomic E-state index is 12.1. The van der Waals surface area contributed by atoms with Crippen molar-refractivity contribution < 1.29 is 14.1 Å². The number of aromatic nitrogens is 2. The zero-order chi connectivity index (χ0) is 22.8. The second-order valence-electron chi connectivity index (χ2n) is 7.11. The van der Waals surface area contributed by atoms with Gasteiger partial charge in [0.15, 0.2) is 0 Å². The number of amides is 2. The summed E-state index contributed by atoms with van der Waals surface area (Å²) in [5, 5.41) is 14.1. The van der Waals surface area contributed by atoms with Crippen LogP contribution in [-0.2, 0) is 16.0 Å². The zero-order valence-electron chi connectivity index (χ0n) is 17.9. The number of hydrogen-bond acceptors (Lipinski definition) is 8. The van der Waals surface area contributed by atoms with Crippen LogP contribution in [0.25, 0.3) is 5.57 Å². The number of carbonyl (C=O) groups is 2. The summed E-state index contributed by atoms with van der Waals surface area (Å²) in [6, 6.07) is 0. The normalized spacial score (nSPS) is 16.0. The fraction of sp³-hybridized carbons (Fsp3) is 0.318. The Morgan fingerprint density at radius 2 is 2.09 bits per heavy atom. The van der Waals surface area contributed by atoms with Crippen LogP contribution in [-0.4, -0.2) is 40.9 Å². The average molecular weight is 438 g/mol. The first-order valence-electron chi connectivity index (χ1n) is 10.4.